The van der Waals surface area contributed by atoms with E-state index in [1.165, 1.54) is 22.4 Å². The number of aromatic carboxylic acids is 1. The van der Waals surface area contributed by atoms with Gasteiger partial charge in [-0.25, -0.2) is 4.79 Å². The minimum absolute atomic E-state index is 0.108. The lowest BCUT2D eigenvalue weighted by Gasteiger charge is -2.08. The quantitative estimate of drug-likeness (QED) is 0.598. The number of hydrogen-bond donors (Lipinski definition) is 2. The van der Waals surface area contributed by atoms with E-state index in [-0.39, 0.29) is 11.5 Å². The van der Waals surface area contributed by atoms with Crippen LogP contribution in [0, 0.1) is 0 Å². The molecule has 0 fully saturated rings. The van der Waals surface area contributed by atoms with Gasteiger partial charge in [0, 0.05) is 6.42 Å². The molecule has 0 heterocycles. The maximum atomic E-state index is 12.1. The number of carboxylic acids is 1. The number of amides is 1. The van der Waals surface area contributed by atoms with Crippen molar-refractivity contribution in [2.24, 2.45) is 0 Å². The normalized spacial score (nSPS) is 10.6. The van der Waals surface area contributed by atoms with Crippen LogP contribution in [0.5, 0.6) is 0 Å². The van der Waals surface area contributed by atoms with Crippen LogP contribution in [0.15, 0.2) is 66.7 Å². The fourth-order valence-electron chi connectivity index (χ4n) is 3.00. The highest BCUT2D eigenvalue weighted by atomic mass is 16.4. The predicted molar refractivity (Wildman–Crippen MR) is 104 cm³/mol. The third kappa shape index (κ3) is 4.48. The van der Waals surface area contributed by atoms with E-state index in [1.807, 2.05) is 12.1 Å². The van der Waals surface area contributed by atoms with Gasteiger partial charge in [0.25, 0.3) is 0 Å². The molecule has 0 aliphatic heterocycles. The fraction of sp³-hybridized carbons (Fsp3) is 0.182. The van der Waals surface area contributed by atoms with Crippen molar-refractivity contribution in [3.63, 3.8) is 0 Å². The van der Waals surface area contributed by atoms with Crippen molar-refractivity contribution < 1.29 is 14.7 Å². The van der Waals surface area contributed by atoms with Crippen LogP contribution >= 0.6 is 0 Å². The van der Waals surface area contributed by atoms with Gasteiger partial charge in [-0.1, -0.05) is 54.6 Å². The molecule has 0 spiro atoms. The first-order valence-electron chi connectivity index (χ1n) is 8.73. The van der Waals surface area contributed by atoms with Crippen LogP contribution in [-0.2, 0) is 11.2 Å². The van der Waals surface area contributed by atoms with Crippen LogP contribution in [0.4, 0.5) is 5.69 Å². The molecule has 0 aliphatic rings. The Kier molecular flexibility index (Phi) is 5.64. The molecule has 1 amide bonds. The van der Waals surface area contributed by atoms with E-state index in [0.29, 0.717) is 12.1 Å². The van der Waals surface area contributed by atoms with Gasteiger partial charge in [0.1, 0.15) is 0 Å². The Morgan fingerprint density at radius 3 is 2.38 bits per heavy atom. The zero-order chi connectivity index (χ0) is 18.4. The van der Waals surface area contributed by atoms with E-state index in [1.54, 1.807) is 18.2 Å². The predicted octanol–water partition coefficient (Wildman–Crippen LogP) is 4.89. The lowest BCUT2D eigenvalue weighted by Crippen LogP contribution is -2.14. The van der Waals surface area contributed by atoms with Crippen LogP contribution in [0.2, 0.25) is 0 Å². The minimum atomic E-state index is -1.04. The molecular weight excluding hydrogens is 326 g/mol. The molecule has 0 atom stereocenters. The van der Waals surface area contributed by atoms with Crippen LogP contribution in [0.3, 0.4) is 0 Å². The highest BCUT2D eigenvalue weighted by molar-refractivity contribution is 6.00. The third-order valence-corrected chi connectivity index (χ3v) is 4.36. The van der Waals surface area contributed by atoms with E-state index >= 15 is 0 Å². The average molecular weight is 347 g/mol. The highest BCUT2D eigenvalue weighted by Gasteiger charge is 2.11. The summed E-state index contributed by atoms with van der Waals surface area (Å²) in [5.74, 6) is -1.20. The van der Waals surface area contributed by atoms with Gasteiger partial charge in [0.2, 0.25) is 5.91 Å². The Balaban J connectivity index is 1.48. The molecule has 26 heavy (non-hydrogen) atoms. The number of carbonyl (C=O) groups excluding carboxylic acids is 1. The molecular formula is C22H21NO3. The summed E-state index contributed by atoms with van der Waals surface area (Å²) in [6.07, 6.45) is 2.96. The number of carboxylic acid groups (broad SMARTS) is 1. The van der Waals surface area contributed by atoms with Crippen LogP contribution in [-0.4, -0.2) is 17.0 Å². The second-order valence-corrected chi connectivity index (χ2v) is 6.29. The van der Waals surface area contributed by atoms with Gasteiger partial charge in [0.15, 0.2) is 0 Å². The van der Waals surface area contributed by atoms with Gasteiger partial charge >= 0.3 is 5.97 Å². The summed E-state index contributed by atoms with van der Waals surface area (Å²) in [6.45, 7) is 0. The van der Waals surface area contributed by atoms with E-state index in [0.717, 1.165) is 19.3 Å². The molecule has 2 N–H and O–H groups in total. The van der Waals surface area contributed by atoms with Crippen molar-refractivity contribution in [1.82, 2.24) is 0 Å². The summed E-state index contributed by atoms with van der Waals surface area (Å²) in [6, 6.07) is 21.2. The molecule has 3 aromatic rings. The minimum Gasteiger partial charge on any atom is -0.478 e. The smallest absolute Gasteiger partial charge is 0.337 e. The number of carbonyl (C=O) groups is 2. The number of hydrogen-bond acceptors (Lipinski definition) is 2. The van der Waals surface area contributed by atoms with Crippen molar-refractivity contribution in [1.29, 1.82) is 0 Å². The number of aryl methyl sites for hydroxylation is 1. The zero-order valence-corrected chi connectivity index (χ0v) is 14.4. The van der Waals surface area contributed by atoms with Crippen molar-refractivity contribution in [3.05, 3.63) is 77.9 Å². The van der Waals surface area contributed by atoms with Crippen molar-refractivity contribution >= 4 is 28.3 Å². The van der Waals surface area contributed by atoms with Crippen LogP contribution in [0.25, 0.3) is 10.8 Å². The summed E-state index contributed by atoms with van der Waals surface area (Å²) in [5.41, 5.74) is 1.72. The number of benzene rings is 3. The Morgan fingerprint density at radius 2 is 1.58 bits per heavy atom. The molecule has 0 bridgehead atoms. The van der Waals surface area contributed by atoms with Crippen LogP contribution in [0.1, 0.15) is 35.2 Å². The van der Waals surface area contributed by atoms with Gasteiger partial charge in [-0.05, 0) is 47.7 Å². The summed E-state index contributed by atoms with van der Waals surface area (Å²) in [4.78, 5) is 23.2. The van der Waals surface area contributed by atoms with Gasteiger partial charge in [-0.3, -0.25) is 4.79 Å². The first-order valence-corrected chi connectivity index (χ1v) is 8.73. The summed E-state index contributed by atoms with van der Waals surface area (Å²) in [5, 5.41) is 14.3. The van der Waals surface area contributed by atoms with Crippen molar-refractivity contribution in [2.45, 2.75) is 25.7 Å². The Hall–Kier alpha value is -3.14. The van der Waals surface area contributed by atoms with Gasteiger partial charge in [0.05, 0.1) is 11.3 Å². The van der Waals surface area contributed by atoms with Gasteiger partial charge in [-0.2, -0.15) is 0 Å². The molecule has 3 rings (SSSR count). The average Bonchev–Trinajstić information content (AvgIpc) is 2.65. The number of fused-ring (bicyclic) bond motifs is 1. The Bertz CT molecular complexity index is 933. The van der Waals surface area contributed by atoms with Crippen molar-refractivity contribution in [2.75, 3.05) is 5.32 Å². The summed E-state index contributed by atoms with van der Waals surface area (Å²) >= 11 is 0. The zero-order valence-electron chi connectivity index (χ0n) is 14.4. The lowest BCUT2D eigenvalue weighted by atomic mass is 10.0. The molecule has 3 aromatic carbocycles. The Labute approximate surface area is 152 Å². The van der Waals surface area contributed by atoms with Gasteiger partial charge < -0.3 is 10.4 Å². The summed E-state index contributed by atoms with van der Waals surface area (Å²) in [7, 11) is 0. The number of unbranched alkanes of at least 4 members (excludes halogenated alkanes) is 1. The van der Waals surface area contributed by atoms with E-state index in [2.05, 4.69) is 35.6 Å². The first kappa shape index (κ1) is 17.7. The van der Waals surface area contributed by atoms with E-state index in [4.69, 9.17) is 5.11 Å². The molecule has 4 heteroatoms. The highest BCUT2D eigenvalue weighted by Crippen LogP contribution is 2.18. The number of para-hydroxylation sites is 1. The van der Waals surface area contributed by atoms with E-state index in [9.17, 15) is 9.59 Å². The number of rotatable bonds is 7. The number of anilines is 1. The molecule has 0 unspecified atom stereocenters. The fourth-order valence-corrected chi connectivity index (χ4v) is 3.00. The maximum Gasteiger partial charge on any atom is 0.337 e. The standard InChI is InChI=1S/C22H21NO3/c24-21(23-20-11-5-4-10-19(20)22(25)26)12-6-1-7-16-13-14-17-8-2-3-9-18(17)15-16/h2-5,8-11,13-15H,1,6-7,12H2,(H,23,24)(H,25,26). The number of nitrogens with one attached hydrogen (secondary N) is 1. The molecule has 0 saturated heterocycles. The monoisotopic (exact) mass is 347 g/mol. The second-order valence-electron chi connectivity index (χ2n) is 6.29. The maximum absolute atomic E-state index is 12.1. The molecule has 0 radical (unpaired) electrons. The first-order chi connectivity index (χ1) is 12.6. The third-order valence-electron chi connectivity index (χ3n) is 4.36. The molecule has 0 aliphatic carbocycles. The van der Waals surface area contributed by atoms with E-state index < -0.39 is 5.97 Å². The van der Waals surface area contributed by atoms with Crippen molar-refractivity contribution in [3.8, 4) is 0 Å². The molecule has 132 valence electrons. The Morgan fingerprint density at radius 1 is 0.846 bits per heavy atom. The van der Waals surface area contributed by atoms with Crippen LogP contribution < -0.4 is 5.32 Å². The van der Waals surface area contributed by atoms with Gasteiger partial charge in [-0.15, -0.1) is 0 Å². The lowest BCUT2D eigenvalue weighted by molar-refractivity contribution is -0.116. The molecule has 0 aromatic heterocycles. The second kappa shape index (κ2) is 8.30. The largest absolute Gasteiger partial charge is 0.478 e. The SMILES string of the molecule is O=C(CCCCc1ccc2ccccc2c1)Nc1ccccc1C(=O)O. The topological polar surface area (TPSA) is 66.4 Å². The molecule has 0 saturated carbocycles. The molecule has 4 nitrogen and oxygen atoms in total. The summed E-state index contributed by atoms with van der Waals surface area (Å²) < 4.78 is 0.